The van der Waals surface area contributed by atoms with Crippen molar-refractivity contribution in [3.8, 4) is 11.3 Å². The molecular formula is C19H16N4OS. The zero-order valence-corrected chi connectivity index (χ0v) is 14.5. The second-order valence-electron chi connectivity index (χ2n) is 5.67. The maximum Gasteiger partial charge on any atom is 0.261 e. The molecule has 6 heteroatoms. The van der Waals surface area contributed by atoms with Crippen molar-refractivity contribution in [2.75, 3.05) is 0 Å². The van der Waals surface area contributed by atoms with Gasteiger partial charge in [0.1, 0.15) is 5.82 Å². The van der Waals surface area contributed by atoms with Crippen LogP contribution in [0.4, 0.5) is 0 Å². The fourth-order valence-corrected chi connectivity index (χ4v) is 3.50. The Balaban J connectivity index is 1.58. The Hall–Kier alpha value is -2.86. The summed E-state index contributed by atoms with van der Waals surface area (Å²) in [6.45, 7) is 0. The summed E-state index contributed by atoms with van der Waals surface area (Å²) in [5.74, 6) is 1.30. The van der Waals surface area contributed by atoms with Crippen LogP contribution in [0, 0.1) is 0 Å². The van der Waals surface area contributed by atoms with Crippen LogP contribution in [0.15, 0.2) is 70.7 Å². The molecule has 0 spiro atoms. The minimum atomic E-state index is -0.0226. The normalized spacial score (nSPS) is 11.1. The molecule has 0 radical (unpaired) electrons. The molecule has 0 unspecified atom stereocenters. The highest BCUT2D eigenvalue weighted by Crippen LogP contribution is 2.23. The fourth-order valence-electron chi connectivity index (χ4n) is 2.67. The highest BCUT2D eigenvalue weighted by Gasteiger charge is 2.10. The van der Waals surface area contributed by atoms with Crippen molar-refractivity contribution < 1.29 is 0 Å². The number of aromatic amines is 1. The molecule has 0 aliphatic heterocycles. The van der Waals surface area contributed by atoms with E-state index in [0.29, 0.717) is 11.1 Å². The van der Waals surface area contributed by atoms with Crippen LogP contribution in [0.5, 0.6) is 0 Å². The first kappa shape index (κ1) is 15.7. The van der Waals surface area contributed by atoms with Crippen LogP contribution in [0.1, 0.15) is 5.82 Å². The van der Waals surface area contributed by atoms with Gasteiger partial charge in [0.25, 0.3) is 5.56 Å². The maximum absolute atomic E-state index is 12.4. The third-order valence-corrected chi connectivity index (χ3v) is 4.93. The number of hydrogen-bond donors (Lipinski definition) is 1. The van der Waals surface area contributed by atoms with Gasteiger partial charge in [-0.3, -0.25) is 9.36 Å². The van der Waals surface area contributed by atoms with Gasteiger partial charge in [-0.15, -0.1) is 0 Å². The van der Waals surface area contributed by atoms with Crippen LogP contribution >= 0.6 is 11.8 Å². The molecule has 124 valence electrons. The molecule has 2 aromatic carbocycles. The fraction of sp³-hybridized carbons (Fsp3) is 0.105. The zero-order valence-electron chi connectivity index (χ0n) is 13.6. The van der Waals surface area contributed by atoms with Gasteiger partial charge in [0.05, 0.1) is 28.5 Å². The molecule has 4 rings (SSSR count). The standard InChI is InChI=1S/C19H16N4OS/c1-23-17(21-15-10-6-5-9-14(15)18(23)24)12-25-19-20-11-16(22-19)13-7-3-2-4-8-13/h2-11H,12H2,1H3,(H,20,22). The van der Waals surface area contributed by atoms with Gasteiger partial charge in [-0.2, -0.15) is 0 Å². The number of para-hydroxylation sites is 1. The SMILES string of the molecule is Cn1c(CSc2ncc(-c3ccccc3)[nH]2)nc2ccccc2c1=O. The lowest BCUT2D eigenvalue weighted by molar-refractivity contribution is 0.784. The minimum absolute atomic E-state index is 0.0226. The van der Waals surface area contributed by atoms with Crippen molar-refractivity contribution in [3.63, 3.8) is 0 Å². The molecule has 2 aromatic heterocycles. The van der Waals surface area contributed by atoms with Gasteiger partial charge in [0.2, 0.25) is 0 Å². The molecule has 0 amide bonds. The summed E-state index contributed by atoms with van der Waals surface area (Å²) in [5.41, 5.74) is 2.78. The van der Waals surface area contributed by atoms with Gasteiger partial charge in [-0.25, -0.2) is 9.97 Å². The van der Waals surface area contributed by atoms with Gasteiger partial charge in [-0.1, -0.05) is 54.2 Å². The molecule has 4 aromatic rings. The molecule has 0 fully saturated rings. The molecule has 1 N–H and O–H groups in total. The van der Waals surface area contributed by atoms with Crippen LogP contribution in [0.25, 0.3) is 22.2 Å². The second-order valence-corrected chi connectivity index (χ2v) is 6.63. The van der Waals surface area contributed by atoms with E-state index in [1.165, 1.54) is 11.8 Å². The summed E-state index contributed by atoms with van der Waals surface area (Å²) in [5, 5.41) is 1.45. The Morgan fingerprint density at radius 1 is 1.08 bits per heavy atom. The second kappa shape index (κ2) is 6.57. The van der Waals surface area contributed by atoms with Crippen LogP contribution in [0.2, 0.25) is 0 Å². The van der Waals surface area contributed by atoms with E-state index in [-0.39, 0.29) is 5.56 Å². The number of benzene rings is 2. The number of imidazole rings is 1. The molecule has 0 bridgehead atoms. The summed E-state index contributed by atoms with van der Waals surface area (Å²) in [6.07, 6.45) is 1.82. The van der Waals surface area contributed by atoms with Crippen LogP contribution in [-0.2, 0) is 12.8 Å². The van der Waals surface area contributed by atoms with Crippen molar-refractivity contribution >= 4 is 22.7 Å². The number of rotatable bonds is 4. The highest BCUT2D eigenvalue weighted by molar-refractivity contribution is 7.98. The third kappa shape index (κ3) is 3.08. The molecule has 0 saturated carbocycles. The lowest BCUT2D eigenvalue weighted by Gasteiger charge is -2.08. The Kier molecular flexibility index (Phi) is 4.11. The largest absolute Gasteiger partial charge is 0.333 e. The topological polar surface area (TPSA) is 63.6 Å². The monoisotopic (exact) mass is 348 g/mol. The maximum atomic E-state index is 12.4. The van der Waals surface area contributed by atoms with Gasteiger partial charge >= 0.3 is 0 Å². The van der Waals surface area contributed by atoms with E-state index < -0.39 is 0 Å². The molecule has 0 saturated heterocycles. The van der Waals surface area contributed by atoms with Crippen molar-refractivity contribution in [1.82, 2.24) is 19.5 Å². The Morgan fingerprint density at radius 2 is 1.84 bits per heavy atom. The van der Waals surface area contributed by atoms with Crippen LogP contribution < -0.4 is 5.56 Å². The number of hydrogen-bond acceptors (Lipinski definition) is 4. The molecule has 2 heterocycles. The number of thioether (sulfide) groups is 1. The molecule has 0 aliphatic carbocycles. The first-order valence-electron chi connectivity index (χ1n) is 7.90. The number of fused-ring (bicyclic) bond motifs is 1. The van der Waals surface area contributed by atoms with E-state index in [1.807, 2.05) is 54.7 Å². The van der Waals surface area contributed by atoms with E-state index in [1.54, 1.807) is 17.7 Å². The summed E-state index contributed by atoms with van der Waals surface area (Å²) in [4.78, 5) is 24.8. The Bertz CT molecular complexity index is 1090. The summed E-state index contributed by atoms with van der Waals surface area (Å²) >= 11 is 1.53. The summed E-state index contributed by atoms with van der Waals surface area (Å²) < 4.78 is 1.61. The molecular weight excluding hydrogens is 332 g/mol. The van der Waals surface area contributed by atoms with Crippen molar-refractivity contribution in [1.29, 1.82) is 0 Å². The van der Waals surface area contributed by atoms with E-state index in [9.17, 15) is 4.79 Å². The molecule has 0 aliphatic rings. The molecule has 25 heavy (non-hydrogen) atoms. The number of H-pyrrole nitrogens is 1. The quantitative estimate of drug-likeness (QED) is 0.572. The first-order chi connectivity index (χ1) is 12.2. The number of nitrogens with one attached hydrogen (secondary N) is 1. The highest BCUT2D eigenvalue weighted by atomic mass is 32.2. The smallest absolute Gasteiger partial charge is 0.261 e. The summed E-state index contributed by atoms with van der Waals surface area (Å²) in [7, 11) is 1.76. The van der Waals surface area contributed by atoms with Crippen molar-refractivity contribution in [2.24, 2.45) is 7.05 Å². The Morgan fingerprint density at radius 3 is 2.68 bits per heavy atom. The van der Waals surface area contributed by atoms with E-state index in [0.717, 1.165) is 27.8 Å². The van der Waals surface area contributed by atoms with Crippen LogP contribution in [0.3, 0.4) is 0 Å². The predicted molar refractivity (Wildman–Crippen MR) is 101 cm³/mol. The van der Waals surface area contributed by atoms with E-state index in [4.69, 9.17) is 0 Å². The van der Waals surface area contributed by atoms with Crippen molar-refractivity contribution in [2.45, 2.75) is 10.9 Å². The average Bonchev–Trinajstić information content (AvgIpc) is 3.13. The average molecular weight is 348 g/mol. The lowest BCUT2D eigenvalue weighted by atomic mass is 10.2. The van der Waals surface area contributed by atoms with Gasteiger partial charge < -0.3 is 4.98 Å². The molecule has 0 atom stereocenters. The minimum Gasteiger partial charge on any atom is -0.333 e. The van der Waals surface area contributed by atoms with E-state index >= 15 is 0 Å². The summed E-state index contributed by atoms with van der Waals surface area (Å²) in [6, 6.07) is 17.5. The predicted octanol–water partition coefficient (Wildman–Crippen LogP) is 3.62. The molecule has 5 nitrogen and oxygen atoms in total. The lowest BCUT2D eigenvalue weighted by Crippen LogP contribution is -2.21. The number of aromatic nitrogens is 4. The first-order valence-corrected chi connectivity index (χ1v) is 8.89. The third-order valence-electron chi connectivity index (χ3n) is 4.05. The van der Waals surface area contributed by atoms with Gasteiger partial charge in [0.15, 0.2) is 5.16 Å². The number of nitrogens with zero attached hydrogens (tertiary/aromatic N) is 3. The van der Waals surface area contributed by atoms with Gasteiger partial charge in [-0.05, 0) is 17.7 Å². The van der Waals surface area contributed by atoms with Crippen molar-refractivity contribution in [3.05, 3.63) is 77.0 Å². The zero-order chi connectivity index (χ0) is 17.2. The van der Waals surface area contributed by atoms with Gasteiger partial charge in [0, 0.05) is 7.05 Å². The van der Waals surface area contributed by atoms with Crippen LogP contribution in [-0.4, -0.2) is 19.5 Å². The van der Waals surface area contributed by atoms with E-state index in [2.05, 4.69) is 15.0 Å². The Labute approximate surface area is 148 Å².